The van der Waals surface area contributed by atoms with E-state index in [1.165, 1.54) is 16.7 Å². The smallest absolute Gasteiger partial charge is 0.387 e. The number of Topliss-reactive ketones (excluding diaryl/α,β-unsaturated/α-hetero) is 1. The summed E-state index contributed by atoms with van der Waals surface area (Å²) in [4.78, 5) is 31.1. The second-order valence-electron chi connectivity index (χ2n) is 8.54. The van der Waals surface area contributed by atoms with Gasteiger partial charge in [-0.25, -0.2) is 4.98 Å². The maximum absolute atomic E-state index is 13.3. The van der Waals surface area contributed by atoms with Gasteiger partial charge in [-0.15, -0.1) is 0 Å². The number of halogens is 2. The van der Waals surface area contributed by atoms with Gasteiger partial charge in [0.05, 0.1) is 29.3 Å². The zero-order valence-corrected chi connectivity index (χ0v) is 21.5. The van der Waals surface area contributed by atoms with Crippen LogP contribution in [-0.4, -0.2) is 44.0 Å². The molecule has 1 atom stereocenters. The molecule has 4 aromatic rings. The lowest BCUT2D eigenvalue weighted by molar-refractivity contribution is -0.0498. The molecule has 0 unspecified atom stereocenters. The predicted molar refractivity (Wildman–Crippen MR) is 139 cm³/mol. The quantitative estimate of drug-likeness (QED) is 0.171. The van der Waals surface area contributed by atoms with Crippen molar-refractivity contribution >= 4 is 28.4 Å². The van der Waals surface area contributed by atoms with Crippen LogP contribution < -0.4 is 10.3 Å². The highest BCUT2D eigenvalue weighted by Crippen LogP contribution is 2.27. The molecule has 0 spiro atoms. The summed E-state index contributed by atoms with van der Waals surface area (Å²) in [6, 6.07) is 14.5. The number of alkyl halides is 2. The number of fused-ring (bicyclic) bond motifs is 1. The topological polar surface area (TPSA) is 86.3 Å². The number of carbonyl (C=O) groups excluding carboxylic acids is 1. The highest BCUT2D eigenvalue weighted by molar-refractivity contribution is 7.99. The molecule has 37 heavy (non-hydrogen) atoms. The summed E-state index contributed by atoms with van der Waals surface area (Å²) in [5.74, 6) is -0.0536. The summed E-state index contributed by atoms with van der Waals surface area (Å²) < 4.78 is 32.7. The van der Waals surface area contributed by atoms with Crippen molar-refractivity contribution in [3.63, 3.8) is 0 Å². The second kappa shape index (κ2) is 11.3. The molecule has 0 bridgehead atoms. The zero-order chi connectivity index (χ0) is 26.7. The van der Waals surface area contributed by atoms with Crippen molar-refractivity contribution in [3.8, 4) is 11.4 Å². The zero-order valence-electron chi connectivity index (χ0n) is 20.6. The van der Waals surface area contributed by atoms with Gasteiger partial charge in [0.25, 0.3) is 5.56 Å². The van der Waals surface area contributed by atoms with E-state index in [0.29, 0.717) is 39.4 Å². The van der Waals surface area contributed by atoms with E-state index < -0.39 is 12.7 Å². The van der Waals surface area contributed by atoms with Crippen molar-refractivity contribution in [3.05, 3.63) is 81.9 Å². The number of aryl methyl sites for hydroxylation is 1. The molecule has 0 saturated carbocycles. The van der Waals surface area contributed by atoms with Crippen molar-refractivity contribution in [2.45, 2.75) is 45.0 Å². The normalized spacial score (nSPS) is 12.3. The molecule has 4 rings (SSSR count). The van der Waals surface area contributed by atoms with E-state index in [9.17, 15) is 23.5 Å². The maximum Gasteiger partial charge on any atom is 0.387 e. The molecule has 0 saturated heterocycles. The van der Waals surface area contributed by atoms with E-state index in [2.05, 4.69) is 9.72 Å². The van der Waals surface area contributed by atoms with Crippen molar-refractivity contribution in [2.24, 2.45) is 0 Å². The number of hydrogen-bond acceptors (Lipinski definition) is 6. The first-order chi connectivity index (χ1) is 17.7. The van der Waals surface area contributed by atoms with Gasteiger partial charge in [0.2, 0.25) is 0 Å². The Morgan fingerprint density at radius 1 is 1.14 bits per heavy atom. The number of ketones is 1. The maximum atomic E-state index is 13.3. The van der Waals surface area contributed by atoms with Crippen LogP contribution in [0.25, 0.3) is 16.6 Å². The number of hydrogen-bond donors (Lipinski definition) is 1. The number of para-hydroxylation sites is 1. The van der Waals surface area contributed by atoms with Crippen LogP contribution in [0.4, 0.5) is 8.78 Å². The van der Waals surface area contributed by atoms with E-state index in [0.717, 1.165) is 17.5 Å². The average molecular weight is 528 g/mol. The highest BCUT2D eigenvalue weighted by Gasteiger charge is 2.21. The monoisotopic (exact) mass is 527 g/mol. The van der Waals surface area contributed by atoms with Crippen molar-refractivity contribution in [1.29, 1.82) is 0 Å². The summed E-state index contributed by atoms with van der Waals surface area (Å²) in [5, 5.41) is 10.7. The van der Waals surface area contributed by atoms with Gasteiger partial charge in [0.1, 0.15) is 5.75 Å². The minimum Gasteiger partial charge on any atom is -0.435 e. The average Bonchev–Trinajstić information content (AvgIpc) is 3.18. The molecule has 10 heteroatoms. The lowest BCUT2D eigenvalue weighted by atomic mass is 10.2. The molecular formula is C27H27F2N3O4S. The van der Waals surface area contributed by atoms with E-state index in [1.54, 1.807) is 42.5 Å². The molecular weight excluding hydrogens is 500 g/mol. The van der Waals surface area contributed by atoms with Crippen LogP contribution in [0.5, 0.6) is 5.75 Å². The number of benzene rings is 2. The number of ether oxygens (including phenoxy) is 1. The Morgan fingerprint density at radius 3 is 2.49 bits per heavy atom. The summed E-state index contributed by atoms with van der Waals surface area (Å²) in [6.45, 7) is 2.43. The SMILES string of the molecule is CC[C@@H](CO)n1c(SCC(=O)c2cc(C)n(-c3ccc(OC(F)F)cc3)c2C)nc2ccccc2c1=O. The van der Waals surface area contributed by atoms with E-state index in [-0.39, 0.29) is 29.5 Å². The Balaban J connectivity index is 1.62. The predicted octanol–water partition coefficient (Wildman–Crippen LogP) is 5.32. The number of nitrogens with zero attached hydrogens (tertiary/aromatic N) is 3. The Morgan fingerprint density at radius 2 is 1.84 bits per heavy atom. The largest absolute Gasteiger partial charge is 0.435 e. The first-order valence-corrected chi connectivity index (χ1v) is 12.8. The third-order valence-electron chi connectivity index (χ3n) is 6.21. The number of aliphatic hydroxyl groups is 1. The molecule has 0 aliphatic heterocycles. The van der Waals surface area contributed by atoms with E-state index in [4.69, 9.17) is 0 Å². The highest BCUT2D eigenvalue weighted by atomic mass is 32.2. The molecule has 1 N–H and O–H groups in total. The van der Waals surface area contributed by atoms with Crippen LogP contribution in [0.1, 0.15) is 41.1 Å². The molecule has 2 aromatic heterocycles. The number of rotatable bonds is 10. The van der Waals surface area contributed by atoms with Crippen LogP contribution in [0, 0.1) is 13.8 Å². The molecule has 2 aromatic carbocycles. The van der Waals surface area contributed by atoms with Gasteiger partial charge in [0, 0.05) is 22.6 Å². The molecule has 2 heterocycles. The fourth-order valence-electron chi connectivity index (χ4n) is 4.37. The van der Waals surface area contributed by atoms with Gasteiger partial charge in [-0.2, -0.15) is 8.78 Å². The minimum atomic E-state index is -2.90. The standard InChI is InChI=1S/C27H27F2N3O4S/c1-4-18(14-33)32-25(35)21-7-5-6-8-23(21)30-27(32)37-15-24(34)22-13-16(2)31(17(22)3)19-9-11-20(12-10-19)36-26(28)29/h5-13,18,26,33H,4,14-15H2,1-3H3/t18-/m0/s1. The second-order valence-corrected chi connectivity index (χ2v) is 9.48. The molecule has 0 fully saturated rings. The van der Waals surface area contributed by atoms with Gasteiger partial charge in [-0.05, 0) is 62.7 Å². The summed E-state index contributed by atoms with van der Waals surface area (Å²) >= 11 is 1.16. The number of aromatic nitrogens is 3. The third kappa shape index (κ3) is 5.45. The fraction of sp³-hybridized carbons (Fsp3) is 0.296. The van der Waals surface area contributed by atoms with Crippen molar-refractivity contribution < 1.29 is 23.4 Å². The van der Waals surface area contributed by atoms with Gasteiger partial charge in [-0.3, -0.25) is 14.2 Å². The summed E-state index contributed by atoms with van der Waals surface area (Å²) in [6.07, 6.45) is 0.528. The lowest BCUT2D eigenvalue weighted by Gasteiger charge is -2.19. The van der Waals surface area contributed by atoms with Crippen LogP contribution in [0.15, 0.2) is 64.5 Å². The number of aliphatic hydroxyl groups excluding tert-OH is 1. The molecule has 0 amide bonds. The molecule has 0 aliphatic rings. The van der Waals surface area contributed by atoms with Gasteiger partial charge >= 0.3 is 6.61 Å². The minimum absolute atomic E-state index is 0.0398. The number of thioether (sulfide) groups is 1. The van der Waals surface area contributed by atoms with Crippen LogP contribution >= 0.6 is 11.8 Å². The van der Waals surface area contributed by atoms with Crippen molar-refractivity contribution in [1.82, 2.24) is 14.1 Å². The van der Waals surface area contributed by atoms with Gasteiger partial charge in [0.15, 0.2) is 10.9 Å². The summed E-state index contributed by atoms with van der Waals surface area (Å²) in [5.41, 5.74) is 3.02. The third-order valence-corrected chi connectivity index (χ3v) is 7.16. The Labute approximate surface area is 216 Å². The first-order valence-electron chi connectivity index (χ1n) is 11.8. The van der Waals surface area contributed by atoms with Crippen LogP contribution in [-0.2, 0) is 0 Å². The lowest BCUT2D eigenvalue weighted by Crippen LogP contribution is -2.29. The van der Waals surface area contributed by atoms with Crippen LogP contribution in [0.3, 0.4) is 0 Å². The van der Waals surface area contributed by atoms with E-state index in [1.807, 2.05) is 25.3 Å². The van der Waals surface area contributed by atoms with Crippen LogP contribution in [0.2, 0.25) is 0 Å². The Hall–Kier alpha value is -3.50. The van der Waals surface area contributed by atoms with E-state index >= 15 is 0 Å². The van der Waals surface area contributed by atoms with Gasteiger partial charge in [-0.1, -0.05) is 30.8 Å². The Bertz CT molecular complexity index is 1480. The van der Waals surface area contributed by atoms with Gasteiger partial charge < -0.3 is 14.4 Å². The molecule has 194 valence electrons. The molecule has 7 nitrogen and oxygen atoms in total. The fourth-order valence-corrected chi connectivity index (χ4v) is 5.32. The summed E-state index contributed by atoms with van der Waals surface area (Å²) in [7, 11) is 0. The van der Waals surface area contributed by atoms with Crippen molar-refractivity contribution in [2.75, 3.05) is 12.4 Å². The molecule has 0 radical (unpaired) electrons. The first kappa shape index (κ1) is 26.6. The Kier molecular flexibility index (Phi) is 8.09. The molecule has 0 aliphatic carbocycles. The number of carbonyl (C=O) groups is 1.